The van der Waals surface area contributed by atoms with Crippen LogP contribution in [0.5, 0.6) is 0 Å². The summed E-state index contributed by atoms with van der Waals surface area (Å²) in [5.41, 5.74) is 5.85. The molecule has 1 fully saturated rings. The fourth-order valence-corrected chi connectivity index (χ4v) is 1.94. The summed E-state index contributed by atoms with van der Waals surface area (Å²) in [6.45, 7) is 3.67. The van der Waals surface area contributed by atoms with Crippen molar-refractivity contribution < 1.29 is 9.53 Å². The Labute approximate surface area is 97.3 Å². The maximum atomic E-state index is 11.5. The normalized spacial score (nSPS) is 22.0. The number of ether oxygens (including phenoxy) is 1. The summed E-state index contributed by atoms with van der Waals surface area (Å²) in [5, 5.41) is 2.88. The van der Waals surface area contributed by atoms with Crippen LogP contribution in [0.15, 0.2) is 0 Å². The highest BCUT2D eigenvalue weighted by Gasteiger charge is 2.18. The van der Waals surface area contributed by atoms with Gasteiger partial charge in [-0.2, -0.15) is 0 Å². The van der Waals surface area contributed by atoms with Crippen molar-refractivity contribution in [1.29, 1.82) is 0 Å². The van der Waals surface area contributed by atoms with Crippen LogP contribution in [-0.4, -0.2) is 56.7 Å². The van der Waals surface area contributed by atoms with E-state index in [1.165, 1.54) is 0 Å². The summed E-state index contributed by atoms with van der Waals surface area (Å²) in [5.74, 6) is 0.0882. The monoisotopic (exact) mass is 229 g/mol. The third kappa shape index (κ3) is 5.44. The molecule has 1 amide bonds. The first-order valence-corrected chi connectivity index (χ1v) is 5.96. The molecule has 0 aromatic heterocycles. The van der Waals surface area contributed by atoms with Gasteiger partial charge in [-0.25, -0.2) is 0 Å². The Bertz CT molecular complexity index is 211. The number of rotatable bonds is 6. The molecule has 0 aromatic rings. The maximum Gasteiger partial charge on any atom is 0.234 e. The Kier molecular flexibility index (Phi) is 6.37. The zero-order valence-corrected chi connectivity index (χ0v) is 10.1. The second kappa shape index (κ2) is 7.60. The first kappa shape index (κ1) is 13.4. The van der Waals surface area contributed by atoms with E-state index in [9.17, 15) is 4.79 Å². The van der Waals surface area contributed by atoms with Gasteiger partial charge in [-0.3, -0.25) is 9.69 Å². The predicted molar refractivity (Wildman–Crippen MR) is 63.2 cm³/mol. The maximum absolute atomic E-state index is 11.5. The van der Waals surface area contributed by atoms with Crippen molar-refractivity contribution in [2.75, 3.05) is 39.9 Å². The number of hydrogen-bond acceptors (Lipinski definition) is 4. The van der Waals surface area contributed by atoms with Gasteiger partial charge in [0.1, 0.15) is 0 Å². The molecule has 1 aliphatic heterocycles. The van der Waals surface area contributed by atoms with E-state index in [0.717, 1.165) is 32.4 Å². The molecule has 5 heteroatoms. The number of nitrogens with one attached hydrogen (secondary N) is 1. The average Bonchev–Trinajstić information content (AvgIpc) is 2.24. The van der Waals surface area contributed by atoms with Crippen LogP contribution in [0, 0.1) is 0 Å². The van der Waals surface area contributed by atoms with Crippen LogP contribution < -0.4 is 11.1 Å². The minimum Gasteiger partial charge on any atom is -0.385 e. The number of nitrogens with two attached hydrogens (primary N) is 1. The molecule has 16 heavy (non-hydrogen) atoms. The number of likely N-dealkylation sites (tertiary alicyclic amines) is 1. The molecular formula is C11H23N3O2. The third-order valence-corrected chi connectivity index (χ3v) is 2.76. The Hall–Kier alpha value is -0.650. The number of piperidine rings is 1. The highest BCUT2D eigenvalue weighted by Crippen LogP contribution is 2.07. The Morgan fingerprint density at radius 1 is 1.62 bits per heavy atom. The predicted octanol–water partition coefficient (Wildman–Crippen LogP) is -0.438. The van der Waals surface area contributed by atoms with Crippen LogP contribution in [0.4, 0.5) is 0 Å². The van der Waals surface area contributed by atoms with Gasteiger partial charge in [0.05, 0.1) is 6.54 Å². The molecule has 1 aliphatic rings. The first-order chi connectivity index (χ1) is 7.72. The van der Waals surface area contributed by atoms with E-state index in [2.05, 4.69) is 10.2 Å². The van der Waals surface area contributed by atoms with Gasteiger partial charge in [0.15, 0.2) is 0 Å². The molecule has 94 valence electrons. The molecule has 0 aliphatic carbocycles. The van der Waals surface area contributed by atoms with Crippen molar-refractivity contribution in [3.05, 3.63) is 0 Å². The molecule has 0 saturated carbocycles. The van der Waals surface area contributed by atoms with Gasteiger partial charge in [0, 0.05) is 32.8 Å². The van der Waals surface area contributed by atoms with Crippen LogP contribution in [0.3, 0.4) is 0 Å². The van der Waals surface area contributed by atoms with E-state index in [0.29, 0.717) is 19.7 Å². The van der Waals surface area contributed by atoms with Crippen molar-refractivity contribution in [2.24, 2.45) is 5.73 Å². The number of methoxy groups -OCH3 is 1. The molecule has 1 rings (SSSR count). The third-order valence-electron chi connectivity index (χ3n) is 2.76. The molecule has 1 heterocycles. The SMILES string of the molecule is COCCCNC(=O)CN1CCC[C@@H](N)C1. The van der Waals surface area contributed by atoms with E-state index in [1.807, 2.05) is 0 Å². The Morgan fingerprint density at radius 2 is 2.44 bits per heavy atom. The number of carbonyl (C=O) groups is 1. The van der Waals surface area contributed by atoms with Gasteiger partial charge in [-0.1, -0.05) is 0 Å². The van der Waals surface area contributed by atoms with Crippen LogP contribution in [0.25, 0.3) is 0 Å². The zero-order valence-electron chi connectivity index (χ0n) is 10.1. The summed E-state index contributed by atoms with van der Waals surface area (Å²) >= 11 is 0. The van der Waals surface area contributed by atoms with Crippen molar-refractivity contribution in [2.45, 2.75) is 25.3 Å². The Morgan fingerprint density at radius 3 is 3.12 bits per heavy atom. The molecule has 1 atom stereocenters. The minimum absolute atomic E-state index is 0.0882. The summed E-state index contributed by atoms with van der Waals surface area (Å²) < 4.78 is 4.91. The molecule has 0 spiro atoms. The molecule has 0 unspecified atom stereocenters. The van der Waals surface area contributed by atoms with Crippen LogP contribution in [0.2, 0.25) is 0 Å². The van der Waals surface area contributed by atoms with Gasteiger partial charge in [-0.15, -0.1) is 0 Å². The fraction of sp³-hybridized carbons (Fsp3) is 0.909. The molecule has 0 aromatic carbocycles. The summed E-state index contributed by atoms with van der Waals surface area (Å²) in [4.78, 5) is 13.7. The van der Waals surface area contributed by atoms with Gasteiger partial charge in [0.25, 0.3) is 0 Å². The molecule has 0 radical (unpaired) electrons. The standard InChI is InChI=1S/C11H23N3O2/c1-16-7-3-5-13-11(15)9-14-6-2-4-10(12)8-14/h10H,2-9,12H2,1H3,(H,13,15)/t10-/m1/s1. The van der Waals surface area contributed by atoms with Crippen LogP contribution in [-0.2, 0) is 9.53 Å². The summed E-state index contributed by atoms with van der Waals surface area (Å²) in [6, 6.07) is 0.232. The summed E-state index contributed by atoms with van der Waals surface area (Å²) in [7, 11) is 1.66. The van der Waals surface area contributed by atoms with E-state index >= 15 is 0 Å². The van der Waals surface area contributed by atoms with Crippen molar-refractivity contribution in [1.82, 2.24) is 10.2 Å². The lowest BCUT2D eigenvalue weighted by atomic mass is 10.1. The van der Waals surface area contributed by atoms with E-state index < -0.39 is 0 Å². The number of carbonyl (C=O) groups excluding carboxylic acids is 1. The number of nitrogens with zero attached hydrogens (tertiary/aromatic N) is 1. The molecule has 0 bridgehead atoms. The smallest absolute Gasteiger partial charge is 0.234 e. The molecule has 5 nitrogen and oxygen atoms in total. The van der Waals surface area contributed by atoms with Crippen LogP contribution in [0.1, 0.15) is 19.3 Å². The zero-order chi connectivity index (χ0) is 11.8. The lowest BCUT2D eigenvalue weighted by Crippen LogP contribution is -2.47. The summed E-state index contributed by atoms with van der Waals surface area (Å²) in [6.07, 6.45) is 3.03. The van der Waals surface area contributed by atoms with Crippen LogP contribution >= 0.6 is 0 Å². The highest BCUT2D eigenvalue weighted by molar-refractivity contribution is 5.77. The topological polar surface area (TPSA) is 67.6 Å². The molecule has 1 saturated heterocycles. The fourth-order valence-electron chi connectivity index (χ4n) is 1.94. The molecular weight excluding hydrogens is 206 g/mol. The van der Waals surface area contributed by atoms with Crippen molar-refractivity contribution >= 4 is 5.91 Å². The van der Waals surface area contributed by atoms with Crippen molar-refractivity contribution in [3.63, 3.8) is 0 Å². The van der Waals surface area contributed by atoms with Gasteiger partial charge < -0.3 is 15.8 Å². The second-order valence-electron chi connectivity index (χ2n) is 4.33. The number of amides is 1. The van der Waals surface area contributed by atoms with E-state index in [-0.39, 0.29) is 11.9 Å². The lowest BCUT2D eigenvalue weighted by Gasteiger charge is -2.29. The molecule has 3 N–H and O–H groups in total. The average molecular weight is 229 g/mol. The van der Waals surface area contributed by atoms with Gasteiger partial charge in [-0.05, 0) is 25.8 Å². The quantitative estimate of drug-likeness (QED) is 0.606. The number of hydrogen-bond donors (Lipinski definition) is 2. The van der Waals surface area contributed by atoms with Gasteiger partial charge >= 0.3 is 0 Å². The first-order valence-electron chi connectivity index (χ1n) is 5.96. The Balaban J connectivity index is 2.08. The lowest BCUT2D eigenvalue weighted by molar-refractivity contribution is -0.122. The van der Waals surface area contributed by atoms with Gasteiger partial charge in [0.2, 0.25) is 5.91 Å². The van der Waals surface area contributed by atoms with E-state index in [1.54, 1.807) is 7.11 Å². The largest absolute Gasteiger partial charge is 0.385 e. The minimum atomic E-state index is 0.0882. The van der Waals surface area contributed by atoms with Crippen molar-refractivity contribution in [3.8, 4) is 0 Å². The second-order valence-corrected chi connectivity index (χ2v) is 4.33. The van der Waals surface area contributed by atoms with E-state index in [4.69, 9.17) is 10.5 Å². The highest BCUT2D eigenvalue weighted by atomic mass is 16.5.